The Morgan fingerprint density at radius 3 is 2.57 bits per heavy atom. The van der Waals surface area contributed by atoms with Crippen LogP contribution in [0.15, 0.2) is 0 Å². The van der Waals surface area contributed by atoms with E-state index in [9.17, 15) is 5.11 Å². The Morgan fingerprint density at radius 2 is 1.93 bits per heavy atom. The van der Waals surface area contributed by atoms with Crippen LogP contribution in [0.3, 0.4) is 0 Å². The van der Waals surface area contributed by atoms with Crippen molar-refractivity contribution >= 4 is 0 Å². The fourth-order valence-corrected chi connectivity index (χ4v) is 2.49. The highest BCUT2D eigenvalue weighted by Gasteiger charge is 2.43. The highest BCUT2D eigenvalue weighted by atomic mass is 16.7. The lowest BCUT2D eigenvalue weighted by molar-refractivity contribution is -0.323. The molecule has 0 aliphatic carbocycles. The summed E-state index contributed by atoms with van der Waals surface area (Å²) >= 11 is 0. The van der Waals surface area contributed by atoms with Gasteiger partial charge in [-0.25, -0.2) is 0 Å². The van der Waals surface area contributed by atoms with E-state index in [1.165, 1.54) is 6.42 Å². The first kappa shape index (κ1) is 10.4. The SMILES string of the molecule is CC1CCCC2(CCC(O)C(C)O2)O1. The van der Waals surface area contributed by atoms with Gasteiger partial charge in [-0.3, -0.25) is 0 Å². The van der Waals surface area contributed by atoms with Gasteiger partial charge >= 0.3 is 0 Å². The lowest BCUT2D eigenvalue weighted by Crippen LogP contribution is -2.50. The number of ether oxygens (including phenoxy) is 2. The molecule has 0 amide bonds. The molecule has 1 N–H and O–H groups in total. The van der Waals surface area contributed by atoms with Gasteiger partial charge in [0.05, 0.1) is 18.3 Å². The normalized spacial score (nSPS) is 49.5. The van der Waals surface area contributed by atoms with E-state index in [2.05, 4.69) is 6.92 Å². The Balaban J connectivity index is 2.01. The van der Waals surface area contributed by atoms with Crippen molar-refractivity contribution in [2.45, 2.75) is 70.1 Å². The van der Waals surface area contributed by atoms with Crippen LogP contribution in [0.4, 0.5) is 0 Å². The summed E-state index contributed by atoms with van der Waals surface area (Å²) in [5, 5.41) is 9.58. The molecule has 0 bridgehead atoms. The number of aliphatic hydroxyl groups excluding tert-OH is 1. The second-order valence-electron chi connectivity index (χ2n) is 4.66. The molecule has 3 nitrogen and oxygen atoms in total. The van der Waals surface area contributed by atoms with E-state index in [1.54, 1.807) is 0 Å². The maximum Gasteiger partial charge on any atom is 0.169 e. The molecule has 0 saturated carbocycles. The van der Waals surface area contributed by atoms with Crippen LogP contribution in [0, 0.1) is 0 Å². The fraction of sp³-hybridized carbons (Fsp3) is 1.00. The molecule has 3 heteroatoms. The number of rotatable bonds is 0. The molecule has 2 fully saturated rings. The summed E-state index contributed by atoms with van der Waals surface area (Å²) in [5.74, 6) is -0.379. The third-order valence-corrected chi connectivity index (χ3v) is 3.35. The lowest BCUT2D eigenvalue weighted by atomic mass is 9.92. The van der Waals surface area contributed by atoms with Gasteiger partial charge in [0.15, 0.2) is 5.79 Å². The number of aliphatic hydroxyl groups is 1. The van der Waals surface area contributed by atoms with Crippen LogP contribution in [0.1, 0.15) is 46.0 Å². The van der Waals surface area contributed by atoms with Gasteiger partial charge in [-0.1, -0.05) is 0 Å². The van der Waals surface area contributed by atoms with Crippen molar-refractivity contribution in [3.63, 3.8) is 0 Å². The topological polar surface area (TPSA) is 38.7 Å². The van der Waals surface area contributed by atoms with E-state index in [1.807, 2.05) is 6.92 Å². The zero-order chi connectivity index (χ0) is 10.2. The predicted molar refractivity (Wildman–Crippen MR) is 52.9 cm³/mol. The number of hydrogen-bond acceptors (Lipinski definition) is 3. The molecule has 2 saturated heterocycles. The average Bonchev–Trinajstić information content (AvgIpc) is 2.12. The second-order valence-corrected chi connectivity index (χ2v) is 4.66. The Kier molecular flexibility index (Phi) is 2.82. The molecular formula is C11H20O3. The summed E-state index contributed by atoms with van der Waals surface area (Å²) in [5.41, 5.74) is 0. The van der Waals surface area contributed by atoms with Crippen LogP contribution in [0.5, 0.6) is 0 Å². The Morgan fingerprint density at radius 1 is 1.14 bits per heavy atom. The minimum absolute atomic E-state index is 0.0888. The maximum absolute atomic E-state index is 9.58. The summed E-state index contributed by atoms with van der Waals surface area (Å²) in [6, 6.07) is 0. The minimum atomic E-state index is -0.379. The quantitative estimate of drug-likeness (QED) is 0.648. The minimum Gasteiger partial charge on any atom is -0.390 e. The van der Waals surface area contributed by atoms with Gasteiger partial charge in [-0.05, 0) is 33.1 Å². The summed E-state index contributed by atoms with van der Waals surface area (Å²) in [6.07, 6.45) is 4.80. The largest absolute Gasteiger partial charge is 0.390 e. The van der Waals surface area contributed by atoms with Crippen LogP contribution in [-0.2, 0) is 9.47 Å². The maximum atomic E-state index is 9.58. The van der Waals surface area contributed by atoms with Gasteiger partial charge in [0.1, 0.15) is 0 Å². The first-order chi connectivity index (χ1) is 6.61. The third kappa shape index (κ3) is 1.95. The van der Waals surface area contributed by atoms with Gasteiger partial charge in [0.25, 0.3) is 0 Å². The monoisotopic (exact) mass is 200 g/mol. The van der Waals surface area contributed by atoms with Crippen LogP contribution in [-0.4, -0.2) is 29.2 Å². The molecular weight excluding hydrogens is 180 g/mol. The van der Waals surface area contributed by atoms with Gasteiger partial charge in [0, 0.05) is 12.8 Å². The van der Waals surface area contributed by atoms with Gasteiger partial charge in [-0.2, -0.15) is 0 Å². The molecule has 4 unspecified atom stereocenters. The number of hydrogen-bond donors (Lipinski definition) is 1. The molecule has 0 aromatic carbocycles. The fourth-order valence-electron chi connectivity index (χ4n) is 2.49. The first-order valence-electron chi connectivity index (χ1n) is 5.65. The smallest absolute Gasteiger partial charge is 0.169 e. The Hall–Kier alpha value is -0.120. The third-order valence-electron chi connectivity index (χ3n) is 3.35. The molecule has 0 radical (unpaired) electrons. The van der Waals surface area contributed by atoms with Crippen molar-refractivity contribution in [1.29, 1.82) is 0 Å². The molecule has 4 atom stereocenters. The van der Waals surface area contributed by atoms with Crippen molar-refractivity contribution in [3.8, 4) is 0 Å². The first-order valence-corrected chi connectivity index (χ1v) is 5.65. The van der Waals surface area contributed by atoms with Crippen molar-refractivity contribution in [3.05, 3.63) is 0 Å². The van der Waals surface area contributed by atoms with Crippen LogP contribution in [0.25, 0.3) is 0 Å². The van der Waals surface area contributed by atoms with E-state index in [0.717, 1.165) is 25.7 Å². The summed E-state index contributed by atoms with van der Waals surface area (Å²) in [7, 11) is 0. The molecule has 0 aromatic heterocycles. The summed E-state index contributed by atoms with van der Waals surface area (Å²) < 4.78 is 11.7. The molecule has 1 spiro atoms. The van der Waals surface area contributed by atoms with Gasteiger partial charge in [0.2, 0.25) is 0 Å². The molecule has 0 aromatic rings. The van der Waals surface area contributed by atoms with Gasteiger partial charge in [-0.15, -0.1) is 0 Å². The van der Waals surface area contributed by atoms with E-state index in [0.29, 0.717) is 6.10 Å². The van der Waals surface area contributed by atoms with E-state index in [4.69, 9.17) is 9.47 Å². The molecule has 2 rings (SSSR count). The molecule has 2 aliphatic heterocycles. The molecule has 2 heterocycles. The highest BCUT2D eigenvalue weighted by molar-refractivity contribution is 4.85. The lowest BCUT2D eigenvalue weighted by Gasteiger charge is -2.46. The standard InChI is InChI=1S/C11H20O3/c1-8-4-3-6-11(13-8)7-5-10(12)9(2)14-11/h8-10,12H,3-7H2,1-2H3. The van der Waals surface area contributed by atoms with Gasteiger partial charge < -0.3 is 14.6 Å². The van der Waals surface area contributed by atoms with E-state index >= 15 is 0 Å². The second kappa shape index (κ2) is 3.80. The zero-order valence-electron chi connectivity index (χ0n) is 9.03. The molecule has 14 heavy (non-hydrogen) atoms. The molecule has 2 aliphatic rings. The van der Waals surface area contributed by atoms with E-state index in [-0.39, 0.29) is 18.0 Å². The van der Waals surface area contributed by atoms with Crippen molar-refractivity contribution in [2.24, 2.45) is 0 Å². The Labute approximate surface area is 85.4 Å². The van der Waals surface area contributed by atoms with Crippen molar-refractivity contribution in [2.75, 3.05) is 0 Å². The average molecular weight is 200 g/mol. The zero-order valence-corrected chi connectivity index (χ0v) is 9.03. The summed E-state index contributed by atoms with van der Waals surface area (Å²) in [6.45, 7) is 4.02. The predicted octanol–water partition coefficient (Wildman–Crippen LogP) is 1.83. The highest BCUT2D eigenvalue weighted by Crippen LogP contribution is 2.38. The summed E-state index contributed by atoms with van der Waals surface area (Å²) in [4.78, 5) is 0. The Bertz CT molecular complexity index is 207. The van der Waals surface area contributed by atoms with Crippen LogP contribution < -0.4 is 0 Å². The van der Waals surface area contributed by atoms with Crippen molar-refractivity contribution < 1.29 is 14.6 Å². The van der Waals surface area contributed by atoms with Crippen LogP contribution in [0.2, 0.25) is 0 Å². The molecule has 82 valence electrons. The van der Waals surface area contributed by atoms with Crippen molar-refractivity contribution in [1.82, 2.24) is 0 Å². The van der Waals surface area contributed by atoms with E-state index < -0.39 is 0 Å². The van der Waals surface area contributed by atoms with Crippen LogP contribution >= 0.6 is 0 Å².